The maximum Gasteiger partial charge on any atom is 0.150 e. The molecule has 0 spiro atoms. The van der Waals surface area contributed by atoms with E-state index in [1.165, 1.54) is 6.26 Å². The Labute approximate surface area is 80.0 Å². The molecule has 0 saturated heterocycles. The molecule has 1 aliphatic carbocycles. The molecule has 0 aliphatic heterocycles. The standard InChI is InChI=1S/C7H15NO2S.ClH/c1-11(9,10)7-4-2-6(8)3-5-7;/h6-7H,2-5,8H2,1H3;1H. The van der Waals surface area contributed by atoms with Crippen molar-refractivity contribution < 1.29 is 8.42 Å². The average Bonchev–Trinajstić information content (AvgIpc) is 1.86. The lowest BCUT2D eigenvalue weighted by Gasteiger charge is -2.24. The molecule has 0 radical (unpaired) electrons. The summed E-state index contributed by atoms with van der Waals surface area (Å²) in [5.41, 5.74) is 5.65. The second-order valence-corrected chi connectivity index (χ2v) is 5.69. The molecule has 74 valence electrons. The summed E-state index contributed by atoms with van der Waals surface area (Å²) in [6.07, 6.45) is 4.53. The number of nitrogens with two attached hydrogens (primary N) is 1. The molecular formula is C7H16ClNO2S. The third-order valence-electron chi connectivity index (χ3n) is 2.32. The summed E-state index contributed by atoms with van der Waals surface area (Å²) >= 11 is 0. The Morgan fingerprint density at radius 1 is 1.17 bits per heavy atom. The minimum absolute atomic E-state index is 0. The zero-order valence-corrected chi connectivity index (χ0v) is 8.83. The van der Waals surface area contributed by atoms with Crippen LogP contribution in [0.2, 0.25) is 0 Å². The summed E-state index contributed by atoms with van der Waals surface area (Å²) in [6, 6.07) is 0.230. The number of rotatable bonds is 1. The van der Waals surface area contributed by atoms with E-state index in [2.05, 4.69) is 0 Å². The summed E-state index contributed by atoms with van der Waals surface area (Å²) in [6.45, 7) is 0. The maximum absolute atomic E-state index is 11.1. The van der Waals surface area contributed by atoms with Gasteiger partial charge in [0.15, 0.2) is 0 Å². The molecule has 2 N–H and O–H groups in total. The predicted octanol–water partition coefficient (Wildman–Crippen LogP) is 0.723. The minimum atomic E-state index is -2.80. The van der Waals surface area contributed by atoms with Gasteiger partial charge in [0.05, 0.1) is 5.25 Å². The van der Waals surface area contributed by atoms with Crippen LogP contribution in [0, 0.1) is 0 Å². The van der Waals surface area contributed by atoms with E-state index in [1.54, 1.807) is 0 Å². The molecule has 1 fully saturated rings. The maximum atomic E-state index is 11.1. The Morgan fingerprint density at radius 3 is 1.92 bits per heavy atom. The third-order valence-corrected chi connectivity index (χ3v) is 4.01. The molecular weight excluding hydrogens is 198 g/mol. The molecule has 0 aromatic carbocycles. The van der Waals surface area contributed by atoms with Crippen molar-refractivity contribution in [3.63, 3.8) is 0 Å². The van der Waals surface area contributed by atoms with E-state index in [1.807, 2.05) is 0 Å². The zero-order valence-electron chi connectivity index (χ0n) is 7.19. The van der Waals surface area contributed by atoms with Crippen molar-refractivity contribution in [3.05, 3.63) is 0 Å². The summed E-state index contributed by atoms with van der Waals surface area (Å²) < 4.78 is 22.1. The van der Waals surface area contributed by atoms with Crippen LogP contribution in [0.15, 0.2) is 0 Å². The van der Waals surface area contributed by atoms with Crippen molar-refractivity contribution in [1.82, 2.24) is 0 Å². The summed E-state index contributed by atoms with van der Waals surface area (Å²) in [4.78, 5) is 0. The highest BCUT2D eigenvalue weighted by Crippen LogP contribution is 2.22. The van der Waals surface area contributed by atoms with Crippen LogP contribution in [0.25, 0.3) is 0 Å². The lowest BCUT2D eigenvalue weighted by molar-refractivity contribution is 0.435. The Morgan fingerprint density at radius 2 is 1.58 bits per heavy atom. The number of halogens is 1. The van der Waals surface area contributed by atoms with Crippen molar-refractivity contribution >= 4 is 22.2 Å². The van der Waals surface area contributed by atoms with Gasteiger partial charge in [-0.2, -0.15) is 0 Å². The predicted molar refractivity (Wildman–Crippen MR) is 52.3 cm³/mol. The molecule has 5 heteroatoms. The van der Waals surface area contributed by atoms with Crippen LogP contribution in [0.5, 0.6) is 0 Å². The van der Waals surface area contributed by atoms with Gasteiger partial charge in [-0.3, -0.25) is 0 Å². The minimum Gasteiger partial charge on any atom is -0.328 e. The van der Waals surface area contributed by atoms with Gasteiger partial charge in [-0.1, -0.05) is 0 Å². The molecule has 0 heterocycles. The molecule has 3 nitrogen and oxygen atoms in total. The van der Waals surface area contributed by atoms with Gasteiger partial charge in [0.2, 0.25) is 0 Å². The highest BCUT2D eigenvalue weighted by atomic mass is 35.5. The van der Waals surface area contributed by atoms with Gasteiger partial charge in [-0.25, -0.2) is 8.42 Å². The summed E-state index contributed by atoms with van der Waals surface area (Å²) in [7, 11) is -2.80. The van der Waals surface area contributed by atoms with Gasteiger partial charge in [-0.05, 0) is 25.7 Å². The van der Waals surface area contributed by atoms with Gasteiger partial charge >= 0.3 is 0 Å². The van der Waals surface area contributed by atoms with Crippen molar-refractivity contribution in [3.8, 4) is 0 Å². The lowest BCUT2D eigenvalue weighted by Crippen LogP contribution is -2.32. The Hall–Kier alpha value is 0.200. The fourth-order valence-electron chi connectivity index (χ4n) is 1.52. The highest BCUT2D eigenvalue weighted by Gasteiger charge is 2.25. The zero-order chi connectivity index (χ0) is 8.48. The van der Waals surface area contributed by atoms with Crippen molar-refractivity contribution in [2.45, 2.75) is 37.0 Å². The molecule has 1 aliphatic rings. The van der Waals surface area contributed by atoms with Crippen LogP contribution in [-0.4, -0.2) is 26.0 Å². The van der Waals surface area contributed by atoms with E-state index in [0.29, 0.717) is 0 Å². The number of hydrogen-bond donors (Lipinski definition) is 1. The average molecular weight is 214 g/mol. The van der Waals surface area contributed by atoms with Gasteiger partial charge in [0.25, 0.3) is 0 Å². The third kappa shape index (κ3) is 3.29. The van der Waals surface area contributed by atoms with Crippen LogP contribution in [-0.2, 0) is 9.84 Å². The van der Waals surface area contributed by atoms with Crippen LogP contribution < -0.4 is 5.73 Å². The highest BCUT2D eigenvalue weighted by molar-refractivity contribution is 7.91. The van der Waals surface area contributed by atoms with E-state index in [-0.39, 0.29) is 23.7 Å². The second kappa shape index (κ2) is 4.44. The first-order chi connectivity index (χ1) is 5.00. The van der Waals surface area contributed by atoms with E-state index >= 15 is 0 Å². The first-order valence-corrected chi connectivity index (χ1v) is 5.90. The molecule has 12 heavy (non-hydrogen) atoms. The topological polar surface area (TPSA) is 60.2 Å². The molecule has 0 atom stereocenters. The molecule has 0 aromatic rings. The summed E-state index contributed by atoms with van der Waals surface area (Å²) in [5.74, 6) is 0. The van der Waals surface area contributed by atoms with E-state index in [9.17, 15) is 8.42 Å². The summed E-state index contributed by atoms with van der Waals surface area (Å²) in [5, 5.41) is -0.123. The second-order valence-electron chi connectivity index (χ2n) is 3.37. The van der Waals surface area contributed by atoms with Gasteiger partial charge in [0, 0.05) is 12.3 Å². The van der Waals surface area contributed by atoms with E-state index in [4.69, 9.17) is 5.73 Å². The first-order valence-electron chi connectivity index (χ1n) is 3.94. The largest absolute Gasteiger partial charge is 0.328 e. The fourth-order valence-corrected chi connectivity index (χ4v) is 2.65. The Kier molecular flexibility index (Phi) is 4.51. The van der Waals surface area contributed by atoms with E-state index in [0.717, 1.165) is 25.7 Å². The molecule has 0 bridgehead atoms. The van der Waals surface area contributed by atoms with Crippen molar-refractivity contribution in [1.29, 1.82) is 0 Å². The monoisotopic (exact) mass is 213 g/mol. The lowest BCUT2D eigenvalue weighted by atomic mass is 9.96. The normalized spacial score (nSPS) is 30.8. The smallest absolute Gasteiger partial charge is 0.150 e. The quantitative estimate of drug-likeness (QED) is 0.699. The Bertz CT molecular complexity index is 220. The van der Waals surface area contributed by atoms with Crippen LogP contribution in [0.1, 0.15) is 25.7 Å². The molecule has 0 aromatic heterocycles. The molecule has 0 unspecified atom stereocenters. The molecule has 0 amide bonds. The number of sulfone groups is 1. The first kappa shape index (κ1) is 12.2. The van der Waals surface area contributed by atoms with Gasteiger partial charge < -0.3 is 5.73 Å². The van der Waals surface area contributed by atoms with Crippen molar-refractivity contribution in [2.75, 3.05) is 6.26 Å². The SMILES string of the molecule is CS(=O)(=O)C1CCC(N)CC1.Cl. The van der Waals surface area contributed by atoms with Crippen LogP contribution in [0.3, 0.4) is 0 Å². The van der Waals surface area contributed by atoms with Crippen LogP contribution >= 0.6 is 12.4 Å². The van der Waals surface area contributed by atoms with Crippen molar-refractivity contribution in [2.24, 2.45) is 5.73 Å². The van der Waals surface area contributed by atoms with Gasteiger partial charge in [-0.15, -0.1) is 12.4 Å². The fraction of sp³-hybridized carbons (Fsp3) is 1.00. The van der Waals surface area contributed by atoms with Gasteiger partial charge in [0.1, 0.15) is 9.84 Å². The van der Waals surface area contributed by atoms with Crippen LogP contribution in [0.4, 0.5) is 0 Å². The number of hydrogen-bond acceptors (Lipinski definition) is 3. The molecule has 1 rings (SSSR count). The van der Waals surface area contributed by atoms with E-state index < -0.39 is 9.84 Å². The Balaban J connectivity index is 0.00000121. The molecule has 1 saturated carbocycles.